The van der Waals surface area contributed by atoms with Crippen molar-refractivity contribution in [3.8, 4) is 0 Å². The van der Waals surface area contributed by atoms with Gasteiger partial charge in [0.2, 0.25) is 0 Å². The Labute approximate surface area is 83.8 Å². The number of aliphatic imine (C=N–C) groups is 2. The van der Waals surface area contributed by atoms with Crippen LogP contribution in [0, 0.1) is 11.8 Å². The molecule has 0 bridgehead atoms. The summed E-state index contributed by atoms with van der Waals surface area (Å²) in [6.07, 6.45) is 0. The molecule has 0 aromatic rings. The molecular weight excluding hydrogens is 188 g/mol. The van der Waals surface area contributed by atoms with Crippen LogP contribution in [0.4, 0.5) is 0 Å². The molecule has 0 radical (unpaired) electrons. The third-order valence-corrected chi connectivity index (χ3v) is 1.98. The Morgan fingerprint density at radius 2 is 1.50 bits per heavy atom. The van der Waals surface area contributed by atoms with Crippen molar-refractivity contribution >= 4 is 34.8 Å². The van der Waals surface area contributed by atoms with Gasteiger partial charge in [-0.15, -0.1) is 0 Å². The predicted molar refractivity (Wildman–Crippen MR) is 58.1 cm³/mol. The number of nitrogens with zero attached hydrogens (tertiary/aromatic N) is 2. The topological polar surface area (TPSA) is 24.7 Å². The lowest BCUT2D eigenvalue weighted by Gasteiger charge is -2.14. The second-order valence-electron chi connectivity index (χ2n) is 2.87. The van der Waals surface area contributed by atoms with E-state index in [9.17, 15) is 0 Å². The summed E-state index contributed by atoms with van der Waals surface area (Å²) in [5, 5.41) is 4.70. The molecule has 0 aromatic carbocycles. The largest absolute Gasteiger partial charge is 0.232 e. The fourth-order valence-corrected chi connectivity index (χ4v) is 0.937. The molecule has 0 heterocycles. The molecule has 0 spiro atoms. The first kappa shape index (κ1) is 11.6. The molecule has 0 saturated heterocycles. The van der Waals surface area contributed by atoms with Crippen LogP contribution in [0.3, 0.4) is 0 Å². The lowest BCUT2D eigenvalue weighted by molar-refractivity contribution is 0.407. The van der Waals surface area contributed by atoms with Crippen molar-refractivity contribution in [3.63, 3.8) is 0 Å². The van der Waals surface area contributed by atoms with Crippen LogP contribution in [-0.4, -0.2) is 23.4 Å². The van der Waals surface area contributed by atoms with E-state index < -0.39 is 0 Å². The van der Waals surface area contributed by atoms with Crippen molar-refractivity contribution in [1.29, 1.82) is 0 Å². The third kappa shape index (κ3) is 5.28. The fourth-order valence-electron chi connectivity index (χ4n) is 0.788. The maximum Gasteiger partial charge on any atom is 0.0585 e. The molecule has 2 nitrogen and oxygen atoms in total. The fraction of sp³-hybridized carbons (Fsp3) is 0.750. The van der Waals surface area contributed by atoms with Gasteiger partial charge in [-0.3, -0.25) is 0 Å². The molecule has 0 aliphatic heterocycles. The Bertz CT molecular complexity index is 193. The number of rotatable bonds is 5. The summed E-state index contributed by atoms with van der Waals surface area (Å²) in [6, 6.07) is 0. The smallest absolute Gasteiger partial charge is 0.0585 e. The summed E-state index contributed by atoms with van der Waals surface area (Å²) >= 11 is 8.97. The normalized spacial score (nSPS) is 11.6. The summed E-state index contributed by atoms with van der Waals surface area (Å²) in [7, 11) is 0. The van der Waals surface area contributed by atoms with E-state index in [1.165, 1.54) is 0 Å². The van der Waals surface area contributed by atoms with Crippen molar-refractivity contribution in [1.82, 2.24) is 0 Å². The summed E-state index contributed by atoms with van der Waals surface area (Å²) in [5.74, 6) is 0.931. The van der Waals surface area contributed by atoms with Crippen LogP contribution in [0.1, 0.15) is 13.8 Å². The predicted octanol–water partition coefficient (Wildman–Crippen LogP) is 2.46. The van der Waals surface area contributed by atoms with E-state index in [-0.39, 0.29) is 0 Å². The Morgan fingerprint density at radius 1 is 1.08 bits per heavy atom. The number of thiocarbonyl (C=S) groups is 2. The van der Waals surface area contributed by atoms with E-state index >= 15 is 0 Å². The number of isothiocyanates is 2. The van der Waals surface area contributed by atoms with Gasteiger partial charge >= 0.3 is 0 Å². The minimum Gasteiger partial charge on any atom is -0.232 e. The second kappa shape index (κ2) is 7.26. The van der Waals surface area contributed by atoms with Gasteiger partial charge in [-0.2, -0.15) is 0 Å². The lowest BCUT2D eigenvalue weighted by Crippen LogP contribution is -2.15. The van der Waals surface area contributed by atoms with Crippen LogP contribution in [0.5, 0.6) is 0 Å². The molecule has 0 rings (SSSR count). The van der Waals surface area contributed by atoms with Gasteiger partial charge in [0.1, 0.15) is 0 Å². The SMILES string of the molecule is CC(C)C(CN=C=S)CN=C=S. The molecule has 0 atom stereocenters. The maximum absolute atomic E-state index is 4.49. The first-order valence-electron chi connectivity index (χ1n) is 3.79. The van der Waals surface area contributed by atoms with Crippen molar-refractivity contribution in [2.75, 3.05) is 13.1 Å². The standard InChI is InChI=1S/C8H12N2S2/c1-7(2)8(3-9-5-11)4-10-6-12/h7-8H,3-4H2,1-2H3. The quantitative estimate of drug-likeness (QED) is 0.503. The van der Waals surface area contributed by atoms with Crippen molar-refractivity contribution in [2.24, 2.45) is 21.8 Å². The second-order valence-corrected chi connectivity index (χ2v) is 3.23. The average Bonchev–Trinajstić information content (AvgIpc) is 2.04. The number of hydrogen-bond acceptors (Lipinski definition) is 4. The first-order chi connectivity index (χ1) is 5.72. The zero-order chi connectivity index (χ0) is 9.40. The van der Waals surface area contributed by atoms with Crippen molar-refractivity contribution in [3.05, 3.63) is 0 Å². The number of hydrogen-bond donors (Lipinski definition) is 0. The summed E-state index contributed by atoms with van der Waals surface area (Å²) in [6.45, 7) is 5.62. The van der Waals surface area contributed by atoms with E-state index in [1.54, 1.807) is 0 Å². The van der Waals surface area contributed by atoms with Crippen LogP contribution in [0.2, 0.25) is 0 Å². The Balaban J connectivity index is 4.02. The van der Waals surface area contributed by atoms with E-state index in [0.717, 1.165) is 0 Å². The molecule has 0 saturated carbocycles. The van der Waals surface area contributed by atoms with Gasteiger partial charge in [0.15, 0.2) is 0 Å². The molecule has 0 amide bonds. The van der Waals surface area contributed by atoms with E-state index in [2.05, 4.69) is 58.6 Å². The first-order valence-corrected chi connectivity index (χ1v) is 4.61. The summed E-state index contributed by atoms with van der Waals surface area (Å²) in [5.41, 5.74) is 0. The third-order valence-electron chi connectivity index (χ3n) is 1.72. The molecule has 0 fully saturated rings. The Morgan fingerprint density at radius 3 is 1.75 bits per heavy atom. The lowest BCUT2D eigenvalue weighted by atomic mass is 9.96. The molecule has 0 aromatic heterocycles. The van der Waals surface area contributed by atoms with Gasteiger partial charge in [0.05, 0.1) is 23.4 Å². The van der Waals surface area contributed by atoms with Crippen LogP contribution >= 0.6 is 24.4 Å². The molecule has 66 valence electrons. The van der Waals surface area contributed by atoms with Crippen molar-refractivity contribution in [2.45, 2.75) is 13.8 Å². The van der Waals surface area contributed by atoms with E-state index in [1.807, 2.05) is 0 Å². The van der Waals surface area contributed by atoms with Gasteiger partial charge in [0, 0.05) is 5.92 Å². The van der Waals surface area contributed by atoms with Crippen LogP contribution in [0.15, 0.2) is 9.98 Å². The molecule has 4 heteroatoms. The van der Waals surface area contributed by atoms with Gasteiger partial charge in [-0.05, 0) is 30.4 Å². The summed E-state index contributed by atoms with van der Waals surface area (Å²) < 4.78 is 0. The van der Waals surface area contributed by atoms with E-state index in [0.29, 0.717) is 24.9 Å². The molecule has 0 unspecified atom stereocenters. The highest BCUT2D eigenvalue weighted by Gasteiger charge is 2.11. The van der Waals surface area contributed by atoms with Gasteiger partial charge in [-0.1, -0.05) is 13.8 Å². The highest BCUT2D eigenvalue weighted by atomic mass is 32.1. The highest BCUT2D eigenvalue weighted by Crippen LogP contribution is 2.11. The van der Waals surface area contributed by atoms with Crippen LogP contribution in [-0.2, 0) is 0 Å². The van der Waals surface area contributed by atoms with Gasteiger partial charge < -0.3 is 0 Å². The average molecular weight is 200 g/mol. The zero-order valence-electron chi connectivity index (χ0n) is 7.28. The van der Waals surface area contributed by atoms with E-state index in [4.69, 9.17) is 0 Å². The monoisotopic (exact) mass is 200 g/mol. The van der Waals surface area contributed by atoms with Crippen LogP contribution in [0.25, 0.3) is 0 Å². The maximum atomic E-state index is 4.49. The summed E-state index contributed by atoms with van der Waals surface area (Å²) in [4.78, 5) is 7.78. The molecule has 0 N–H and O–H groups in total. The highest BCUT2D eigenvalue weighted by molar-refractivity contribution is 7.78. The molecule has 0 aliphatic carbocycles. The zero-order valence-corrected chi connectivity index (χ0v) is 8.91. The minimum absolute atomic E-state index is 0.399. The van der Waals surface area contributed by atoms with Crippen molar-refractivity contribution < 1.29 is 0 Å². The Hall–Kier alpha value is -0.400. The molecule has 12 heavy (non-hydrogen) atoms. The molecule has 0 aliphatic rings. The minimum atomic E-state index is 0.399. The van der Waals surface area contributed by atoms with Gasteiger partial charge in [-0.25, -0.2) is 9.98 Å². The molecular formula is C8H12N2S2. The Kier molecular flexibility index (Phi) is 7.02. The van der Waals surface area contributed by atoms with Gasteiger partial charge in [0.25, 0.3) is 0 Å². The van der Waals surface area contributed by atoms with Crippen LogP contribution < -0.4 is 0 Å².